The van der Waals surface area contributed by atoms with Gasteiger partial charge in [0.15, 0.2) is 0 Å². The molecular formula is C16H29NaO4S. The maximum absolute atomic E-state index is 8.74. The molecule has 0 unspecified atom stereocenters. The van der Waals surface area contributed by atoms with Crippen LogP contribution in [0.3, 0.4) is 0 Å². The normalized spacial score (nSPS) is 10.3. The standard InChI is InChI=1S/C16H26.Na.H2O4S.H/c1-2-3-4-5-6-7-8-10-13-16-14-11-9-12-15-16;;1-5(2,3)4;/h9,11-12,14-15H,2-8,10,13H2,1H3;;(H2,1,2,3,4);. The van der Waals surface area contributed by atoms with Crippen LogP contribution in [-0.2, 0) is 16.8 Å². The molecule has 0 fully saturated rings. The van der Waals surface area contributed by atoms with Crippen molar-refractivity contribution in [2.75, 3.05) is 0 Å². The second-order valence-corrected chi connectivity index (χ2v) is 6.05. The number of benzene rings is 1. The fourth-order valence-electron chi connectivity index (χ4n) is 2.11. The van der Waals surface area contributed by atoms with Crippen molar-refractivity contribution in [2.45, 2.75) is 64.7 Å². The first kappa shape index (κ1) is 24.3. The van der Waals surface area contributed by atoms with Crippen molar-refractivity contribution in [1.82, 2.24) is 0 Å². The van der Waals surface area contributed by atoms with E-state index in [1.807, 2.05) is 0 Å². The van der Waals surface area contributed by atoms with E-state index in [1.54, 1.807) is 0 Å². The minimum atomic E-state index is -4.67. The zero-order chi connectivity index (χ0) is 16.0. The predicted octanol–water partition coefficient (Wildman–Crippen LogP) is 4.07. The summed E-state index contributed by atoms with van der Waals surface area (Å²) in [6, 6.07) is 10.8. The van der Waals surface area contributed by atoms with E-state index >= 15 is 0 Å². The van der Waals surface area contributed by atoms with Gasteiger partial charge in [0, 0.05) is 0 Å². The average Bonchev–Trinajstić information content (AvgIpc) is 2.41. The second-order valence-electron chi connectivity index (χ2n) is 5.16. The van der Waals surface area contributed by atoms with Gasteiger partial charge in [-0.05, 0) is 18.4 Å². The van der Waals surface area contributed by atoms with Gasteiger partial charge in [0.2, 0.25) is 0 Å². The van der Waals surface area contributed by atoms with Crippen LogP contribution in [0.1, 0.15) is 63.9 Å². The molecule has 0 aromatic heterocycles. The molecule has 0 aliphatic heterocycles. The SMILES string of the molecule is CCCCCCCCCCc1ccccc1.O=S(=O)(O)O.[NaH]. The Morgan fingerprint density at radius 1 is 0.818 bits per heavy atom. The van der Waals surface area contributed by atoms with E-state index in [9.17, 15) is 0 Å². The molecule has 22 heavy (non-hydrogen) atoms. The first-order chi connectivity index (χ1) is 9.93. The van der Waals surface area contributed by atoms with Gasteiger partial charge < -0.3 is 0 Å². The first-order valence-electron chi connectivity index (χ1n) is 7.67. The summed E-state index contributed by atoms with van der Waals surface area (Å²) in [6.45, 7) is 2.28. The Hall–Kier alpha value is 0.0900. The molecule has 1 aromatic rings. The van der Waals surface area contributed by atoms with E-state index in [0.717, 1.165) is 0 Å². The maximum atomic E-state index is 8.74. The van der Waals surface area contributed by atoms with Crippen molar-refractivity contribution in [3.63, 3.8) is 0 Å². The summed E-state index contributed by atoms with van der Waals surface area (Å²) in [7, 11) is -4.67. The summed E-state index contributed by atoms with van der Waals surface area (Å²) in [5, 5.41) is 0. The first-order valence-corrected chi connectivity index (χ1v) is 9.07. The Labute approximate surface area is 157 Å². The van der Waals surface area contributed by atoms with Crippen molar-refractivity contribution in [3.05, 3.63) is 35.9 Å². The van der Waals surface area contributed by atoms with Crippen LogP contribution in [0.15, 0.2) is 30.3 Å². The zero-order valence-electron chi connectivity index (χ0n) is 12.9. The Kier molecular flexibility index (Phi) is 17.7. The summed E-state index contributed by atoms with van der Waals surface area (Å²) < 4.78 is 31.6. The van der Waals surface area contributed by atoms with Crippen LogP contribution in [-0.4, -0.2) is 47.1 Å². The summed E-state index contributed by atoms with van der Waals surface area (Å²) in [5.41, 5.74) is 1.49. The molecule has 0 spiro atoms. The number of unbranched alkanes of at least 4 members (excludes halogenated alkanes) is 7. The molecule has 1 aromatic carbocycles. The minimum absolute atomic E-state index is 0. The third kappa shape index (κ3) is 22.4. The van der Waals surface area contributed by atoms with Gasteiger partial charge in [0.1, 0.15) is 0 Å². The molecule has 0 atom stereocenters. The summed E-state index contributed by atoms with van der Waals surface area (Å²) in [6.07, 6.45) is 12.5. The van der Waals surface area contributed by atoms with Gasteiger partial charge in [0.05, 0.1) is 0 Å². The second kappa shape index (κ2) is 16.0. The van der Waals surface area contributed by atoms with Gasteiger partial charge in [-0.15, -0.1) is 0 Å². The van der Waals surface area contributed by atoms with Gasteiger partial charge in [0.25, 0.3) is 0 Å². The predicted molar refractivity (Wildman–Crippen MR) is 94.1 cm³/mol. The quantitative estimate of drug-likeness (QED) is 0.404. The molecular weight excluding hydrogens is 311 g/mol. The molecule has 2 N–H and O–H groups in total. The average molecular weight is 340 g/mol. The third-order valence-electron chi connectivity index (χ3n) is 3.16. The number of hydrogen-bond donors (Lipinski definition) is 2. The van der Waals surface area contributed by atoms with Crippen LogP contribution in [0.5, 0.6) is 0 Å². The van der Waals surface area contributed by atoms with Gasteiger partial charge in [-0.25, -0.2) is 0 Å². The van der Waals surface area contributed by atoms with E-state index < -0.39 is 10.4 Å². The molecule has 0 aliphatic carbocycles. The Balaban J connectivity index is 0. The fourth-order valence-corrected chi connectivity index (χ4v) is 2.11. The van der Waals surface area contributed by atoms with Crippen LogP contribution in [0.4, 0.5) is 0 Å². The summed E-state index contributed by atoms with van der Waals surface area (Å²) in [4.78, 5) is 0. The summed E-state index contributed by atoms with van der Waals surface area (Å²) >= 11 is 0. The van der Waals surface area contributed by atoms with E-state index in [-0.39, 0.29) is 29.6 Å². The van der Waals surface area contributed by atoms with E-state index in [4.69, 9.17) is 17.5 Å². The van der Waals surface area contributed by atoms with Crippen molar-refractivity contribution in [3.8, 4) is 0 Å². The number of aryl methyl sites for hydroxylation is 1. The van der Waals surface area contributed by atoms with Crippen molar-refractivity contribution < 1.29 is 17.5 Å². The Morgan fingerprint density at radius 3 is 1.68 bits per heavy atom. The van der Waals surface area contributed by atoms with Crippen LogP contribution in [0.2, 0.25) is 0 Å². The number of hydrogen-bond acceptors (Lipinski definition) is 2. The fraction of sp³-hybridized carbons (Fsp3) is 0.625. The third-order valence-corrected chi connectivity index (χ3v) is 3.16. The van der Waals surface area contributed by atoms with Crippen molar-refractivity contribution in [1.29, 1.82) is 0 Å². The van der Waals surface area contributed by atoms with Gasteiger partial charge in [-0.1, -0.05) is 82.2 Å². The summed E-state index contributed by atoms with van der Waals surface area (Å²) in [5.74, 6) is 0. The van der Waals surface area contributed by atoms with Crippen LogP contribution in [0, 0.1) is 0 Å². The van der Waals surface area contributed by atoms with Crippen LogP contribution < -0.4 is 0 Å². The van der Waals surface area contributed by atoms with E-state index in [1.165, 1.54) is 63.4 Å². The molecule has 0 bridgehead atoms. The zero-order valence-corrected chi connectivity index (χ0v) is 13.7. The molecule has 4 nitrogen and oxygen atoms in total. The molecule has 0 radical (unpaired) electrons. The number of rotatable bonds is 9. The topological polar surface area (TPSA) is 74.6 Å². The molecule has 0 amide bonds. The van der Waals surface area contributed by atoms with Gasteiger partial charge in [-0.2, -0.15) is 8.42 Å². The van der Waals surface area contributed by atoms with Crippen molar-refractivity contribution in [2.24, 2.45) is 0 Å². The molecule has 0 saturated carbocycles. The van der Waals surface area contributed by atoms with Crippen molar-refractivity contribution >= 4 is 40.0 Å². The van der Waals surface area contributed by atoms with Gasteiger partial charge in [-0.3, -0.25) is 9.11 Å². The molecule has 1 rings (SSSR count). The molecule has 124 valence electrons. The van der Waals surface area contributed by atoms with E-state index in [2.05, 4.69) is 37.3 Å². The molecule has 0 aliphatic rings. The van der Waals surface area contributed by atoms with Gasteiger partial charge >= 0.3 is 40.0 Å². The van der Waals surface area contributed by atoms with Crippen LogP contribution >= 0.6 is 0 Å². The molecule has 6 heteroatoms. The monoisotopic (exact) mass is 340 g/mol. The van der Waals surface area contributed by atoms with E-state index in [0.29, 0.717) is 0 Å². The molecule has 0 heterocycles. The molecule has 0 saturated heterocycles. The Bertz CT molecular complexity index is 427. The van der Waals surface area contributed by atoms with Crippen LogP contribution in [0.25, 0.3) is 0 Å². The Morgan fingerprint density at radius 2 is 1.23 bits per heavy atom.